The molecule has 7 heteroatoms. The Balaban J connectivity index is 2.52. The molecule has 1 fully saturated rings. The van der Waals surface area contributed by atoms with E-state index in [-0.39, 0.29) is 24.9 Å². The van der Waals surface area contributed by atoms with Gasteiger partial charge in [-0.3, -0.25) is 0 Å². The first-order valence-corrected chi connectivity index (χ1v) is 5.67. The summed E-state index contributed by atoms with van der Waals surface area (Å²) < 4.78 is 41.0. The van der Waals surface area contributed by atoms with Crippen molar-refractivity contribution in [3.05, 3.63) is 0 Å². The average Bonchev–Trinajstić information content (AvgIpc) is 2.27. The molecule has 1 aliphatic heterocycles. The minimum atomic E-state index is -4.55. The molecular weight excluding hydrogens is 249 g/mol. The number of halogens is 3. The highest BCUT2D eigenvalue weighted by atomic mass is 19.4. The molecule has 1 rings (SSSR count). The first kappa shape index (κ1) is 14.6. The van der Waals surface area contributed by atoms with Gasteiger partial charge in [-0.2, -0.15) is 18.4 Å². The van der Waals surface area contributed by atoms with E-state index in [1.165, 1.54) is 4.90 Å². The van der Waals surface area contributed by atoms with Gasteiger partial charge in [0.25, 0.3) is 0 Å². The third-order valence-electron chi connectivity index (χ3n) is 3.07. The number of ether oxygens (including phenoxy) is 1. The van der Waals surface area contributed by atoms with E-state index in [0.717, 1.165) is 6.92 Å². The molecule has 0 aromatic carbocycles. The van der Waals surface area contributed by atoms with E-state index in [0.29, 0.717) is 6.42 Å². The Kier molecular flexibility index (Phi) is 4.43. The summed E-state index contributed by atoms with van der Waals surface area (Å²) in [5, 5.41) is 8.80. The van der Waals surface area contributed by atoms with Crippen LogP contribution in [0.25, 0.3) is 0 Å². The van der Waals surface area contributed by atoms with Crippen molar-refractivity contribution in [2.75, 3.05) is 13.1 Å². The Bertz CT molecular complexity index is 351. The van der Waals surface area contributed by atoms with E-state index in [9.17, 15) is 18.0 Å². The molecule has 0 bridgehead atoms. The lowest BCUT2D eigenvalue weighted by molar-refractivity contribution is -0.200. The molecule has 4 nitrogen and oxygen atoms in total. The van der Waals surface area contributed by atoms with E-state index < -0.39 is 18.4 Å². The molecular formula is C11H15F3N2O2. The third kappa shape index (κ3) is 3.52. The number of carbonyl (C=O) groups is 1. The number of piperidine rings is 1. The summed E-state index contributed by atoms with van der Waals surface area (Å²) in [6, 6.07) is 2.12. The van der Waals surface area contributed by atoms with Crippen molar-refractivity contribution in [2.45, 2.75) is 32.5 Å². The summed E-state index contributed by atoms with van der Waals surface area (Å²) in [5.74, 6) is -0.216. The molecule has 0 radical (unpaired) electrons. The predicted molar refractivity (Wildman–Crippen MR) is 56.5 cm³/mol. The highest BCUT2D eigenvalue weighted by Gasteiger charge is 2.40. The van der Waals surface area contributed by atoms with Crippen LogP contribution >= 0.6 is 0 Å². The fourth-order valence-corrected chi connectivity index (χ4v) is 1.80. The highest BCUT2D eigenvalue weighted by Crippen LogP contribution is 2.26. The molecule has 102 valence electrons. The fourth-order valence-electron chi connectivity index (χ4n) is 1.80. The normalized spacial score (nSPS) is 26.3. The maximum Gasteiger partial charge on any atom is 0.425 e. The number of hydrogen-bond donors (Lipinski definition) is 0. The van der Waals surface area contributed by atoms with Crippen molar-refractivity contribution in [1.82, 2.24) is 4.90 Å². The molecule has 0 aromatic heterocycles. The van der Waals surface area contributed by atoms with Gasteiger partial charge in [0.1, 0.15) is 0 Å². The van der Waals surface area contributed by atoms with Crippen molar-refractivity contribution in [1.29, 1.82) is 5.26 Å². The van der Waals surface area contributed by atoms with Crippen LogP contribution in [0.5, 0.6) is 0 Å². The molecule has 0 aromatic rings. The molecule has 3 unspecified atom stereocenters. The topological polar surface area (TPSA) is 53.3 Å². The summed E-state index contributed by atoms with van der Waals surface area (Å²) in [7, 11) is 0. The van der Waals surface area contributed by atoms with Crippen molar-refractivity contribution >= 4 is 6.09 Å². The number of likely N-dealkylation sites (tertiary alicyclic amines) is 1. The van der Waals surface area contributed by atoms with Crippen LogP contribution in [-0.4, -0.2) is 36.4 Å². The molecule has 0 spiro atoms. The summed E-state index contributed by atoms with van der Waals surface area (Å²) in [5.41, 5.74) is 0. The van der Waals surface area contributed by atoms with Crippen LogP contribution in [0.2, 0.25) is 0 Å². The van der Waals surface area contributed by atoms with E-state index in [1.807, 2.05) is 0 Å². The molecule has 0 aliphatic carbocycles. The monoisotopic (exact) mass is 264 g/mol. The third-order valence-corrected chi connectivity index (χ3v) is 3.07. The summed E-state index contributed by atoms with van der Waals surface area (Å²) in [6.07, 6.45) is -7.17. The number of hydrogen-bond acceptors (Lipinski definition) is 3. The van der Waals surface area contributed by atoms with Gasteiger partial charge < -0.3 is 9.64 Å². The number of alkyl halides is 3. The van der Waals surface area contributed by atoms with Crippen LogP contribution in [0.1, 0.15) is 20.3 Å². The number of amides is 1. The first-order valence-electron chi connectivity index (χ1n) is 5.67. The largest absolute Gasteiger partial charge is 0.437 e. The van der Waals surface area contributed by atoms with Gasteiger partial charge in [0.05, 0.1) is 12.0 Å². The van der Waals surface area contributed by atoms with E-state index in [4.69, 9.17) is 5.26 Å². The minimum absolute atomic E-state index is 0.0579. The van der Waals surface area contributed by atoms with Gasteiger partial charge in [0, 0.05) is 13.1 Å². The maximum atomic E-state index is 12.2. The molecule has 1 saturated heterocycles. The first-order chi connectivity index (χ1) is 8.25. The van der Waals surface area contributed by atoms with Crippen molar-refractivity contribution in [2.24, 2.45) is 11.8 Å². The van der Waals surface area contributed by atoms with Crippen LogP contribution in [-0.2, 0) is 4.74 Å². The molecule has 3 atom stereocenters. The second kappa shape index (κ2) is 5.46. The molecule has 0 N–H and O–H groups in total. The van der Waals surface area contributed by atoms with Gasteiger partial charge in [0.15, 0.2) is 6.10 Å². The second-order valence-corrected chi connectivity index (χ2v) is 4.52. The standard InChI is InChI=1S/C11H15F3N2O2/c1-7-6-16(4-3-9(7)5-15)10(17)18-8(2)11(12,13)14/h7-9H,3-4,6H2,1-2H3. The number of nitrogens with zero attached hydrogens (tertiary/aromatic N) is 2. The second-order valence-electron chi connectivity index (χ2n) is 4.52. The van der Waals surface area contributed by atoms with Crippen molar-refractivity contribution < 1.29 is 22.7 Å². The molecule has 1 heterocycles. The van der Waals surface area contributed by atoms with Gasteiger partial charge in [-0.1, -0.05) is 6.92 Å². The van der Waals surface area contributed by atoms with Crippen molar-refractivity contribution in [3.63, 3.8) is 0 Å². The smallest absolute Gasteiger partial charge is 0.425 e. The van der Waals surface area contributed by atoms with E-state index >= 15 is 0 Å². The Morgan fingerprint density at radius 1 is 1.56 bits per heavy atom. The van der Waals surface area contributed by atoms with Crippen LogP contribution in [0.15, 0.2) is 0 Å². The number of nitriles is 1. The quantitative estimate of drug-likeness (QED) is 0.731. The summed E-state index contributed by atoms with van der Waals surface area (Å²) in [4.78, 5) is 12.7. The number of rotatable bonds is 1. The Morgan fingerprint density at radius 2 is 2.17 bits per heavy atom. The van der Waals surface area contributed by atoms with Crippen LogP contribution in [0, 0.1) is 23.2 Å². The van der Waals surface area contributed by atoms with Gasteiger partial charge in [-0.15, -0.1) is 0 Å². The highest BCUT2D eigenvalue weighted by molar-refractivity contribution is 5.68. The zero-order valence-corrected chi connectivity index (χ0v) is 10.2. The predicted octanol–water partition coefficient (Wildman–Crippen LogP) is 2.56. The minimum Gasteiger partial charge on any atom is -0.437 e. The van der Waals surface area contributed by atoms with E-state index in [1.54, 1.807) is 6.92 Å². The van der Waals surface area contributed by atoms with Gasteiger partial charge in [-0.05, 0) is 19.3 Å². The van der Waals surface area contributed by atoms with Crippen LogP contribution in [0.4, 0.5) is 18.0 Å². The SMILES string of the molecule is CC1CN(C(=O)OC(C)C(F)(F)F)CCC1C#N. The van der Waals surface area contributed by atoms with Crippen LogP contribution in [0.3, 0.4) is 0 Å². The van der Waals surface area contributed by atoms with E-state index in [2.05, 4.69) is 10.8 Å². The van der Waals surface area contributed by atoms with Gasteiger partial charge in [-0.25, -0.2) is 4.79 Å². The maximum absolute atomic E-state index is 12.2. The number of carbonyl (C=O) groups excluding carboxylic acids is 1. The molecule has 0 saturated carbocycles. The zero-order chi connectivity index (χ0) is 13.9. The molecule has 1 aliphatic rings. The van der Waals surface area contributed by atoms with Crippen LogP contribution < -0.4 is 0 Å². The summed E-state index contributed by atoms with van der Waals surface area (Å²) >= 11 is 0. The zero-order valence-electron chi connectivity index (χ0n) is 10.2. The lowest BCUT2D eigenvalue weighted by Gasteiger charge is -2.33. The Hall–Kier alpha value is -1.45. The lowest BCUT2D eigenvalue weighted by Crippen LogP contribution is -2.45. The fraction of sp³-hybridized carbons (Fsp3) is 0.818. The van der Waals surface area contributed by atoms with Crippen molar-refractivity contribution in [3.8, 4) is 6.07 Å². The van der Waals surface area contributed by atoms with Gasteiger partial charge in [0.2, 0.25) is 0 Å². The molecule has 1 amide bonds. The summed E-state index contributed by atoms with van der Waals surface area (Å²) in [6.45, 7) is 3.09. The lowest BCUT2D eigenvalue weighted by atomic mass is 9.88. The average molecular weight is 264 g/mol. The van der Waals surface area contributed by atoms with Gasteiger partial charge >= 0.3 is 12.3 Å². The Morgan fingerprint density at radius 3 is 2.61 bits per heavy atom. The Labute approximate surface area is 103 Å². The molecule has 18 heavy (non-hydrogen) atoms.